The van der Waals surface area contributed by atoms with Crippen molar-refractivity contribution in [2.75, 3.05) is 12.3 Å². The lowest BCUT2D eigenvalue weighted by Crippen LogP contribution is -2.32. The van der Waals surface area contributed by atoms with Crippen LogP contribution in [0.5, 0.6) is 0 Å². The lowest BCUT2D eigenvalue weighted by atomic mass is 10.1. The number of aromatic nitrogens is 2. The van der Waals surface area contributed by atoms with Gasteiger partial charge in [-0.05, 0) is 11.6 Å². The van der Waals surface area contributed by atoms with Crippen LogP contribution in [0.3, 0.4) is 0 Å². The van der Waals surface area contributed by atoms with Crippen molar-refractivity contribution in [3.63, 3.8) is 0 Å². The second-order valence-corrected chi connectivity index (χ2v) is 3.76. The van der Waals surface area contributed by atoms with Gasteiger partial charge in [-0.3, -0.25) is 4.57 Å². The Kier molecular flexibility index (Phi) is 2.97. The van der Waals surface area contributed by atoms with Crippen LogP contribution in [0.25, 0.3) is 0 Å². The van der Waals surface area contributed by atoms with Crippen molar-refractivity contribution in [2.24, 2.45) is 0 Å². The van der Waals surface area contributed by atoms with Crippen LogP contribution >= 0.6 is 0 Å². The van der Waals surface area contributed by atoms with Gasteiger partial charge in [0.05, 0.1) is 6.61 Å². The Morgan fingerprint density at radius 2 is 2.35 bits per heavy atom. The second-order valence-electron chi connectivity index (χ2n) is 3.76. The van der Waals surface area contributed by atoms with Crippen molar-refractivity contribution in [1.82, 2.24) is 9.55 Å². The molecule has 0 bridgehead atoms. The van der Waals surface area contributed by atoms with Gasteiger partial charge in [0.2, 0.25) is 0 Å². The van der Waals surface area contributed by atoms with E-state index in [9.17, 15) is 9.90 Å². The number of rotatable bonds is 2. The maximum Gasteiger partial charge on any atom is 0.351 e. The molecule has 0 unspecified atom stereocenters. The predicted octanol–water partition coefficient (Wildman–Crippen LogP) is -1.37. The Morgan fingerprint density at radius 1 is 1.65 bits per heavy atom. The number of ether oxygens (including phenoxy) is 1. The summed E-state index contributed by atoms with van der Waals surface area (Å²) in [5, 5.41) is 18.9. The minimum absolute atomic E-state index is 0.0938. The molecule has 0 amide bonds. The molecule has 0 aromatic carbocycles. The number of nitrogen functional groups attached to an aromatic ring is 1. The Labute approximate surface area is 96.8 Å². The Bertz CT molecular complexity index is 499. The zero-order valence-electron chi connectivity index (χ0n) is 8.98. The van der Waals surface area contributed by atoms with Crippen molar-refractivity contribution in [3.8, 4) is 0 Å². The smallest absolute Gasteiger partial charge is 0.351 e. The molecule has 7 nitrogen and oxygen atoms in total. The van der Waals surface area contributed by atoms with E-state index in [1.165, 1.54) is 12.3 Å². The van der Waals surface area contributed by atoms with Gasteiger partial charge < -0.3 is 20.7 Å². The molecule has 7 heteroatoms. The van der Waals surface area contributed by atoms with Gasteiger partial charge in [0, 0.05) is 6.20 Å². The molecule has 4 N–H and O–H groups in total. The highest BCUT2D eigenvalue weighted by Crippen LogP contribution is 2.31. The number of nitrogens with two attached hydrogens (primary N) is 1. The van der Waals surface area contributed by atoms with E-state index >= 15 is 0 Å². The van der Waals surface area contributed by atoms with Gasteiger partial charge in [-0.15, -0.1) is 0 Å². The van der Waals surface area contributed by atoms with Gasteiger partial charge in [0.1, 0.15) is 18.0 Å². The fraction of sp³-hybridized carbons (Fsp3) is 0.400. The van der Waals surface area contributed by atoms with Crippen molar-refractivity contribution < 1.29 is 14.9 Å². The zero-order chi connectivity index (χ0) is 12.6. The summed E-state index contributed by atoms with van der Waals surface area (Å²) in [6.45, 7) is 3.31. The van der Waals surface area contributed by atoms with Gasteiger partial charge in [-0.25, -0.2) is 4.79 Å². The summed E-state index contributed by atoms with van der Waals surface area (Å²) in [5.41, 5.74) is 5.07. The average Bonchev–Trinajstić information content (AvgIpc) is 2.57. The third kappa shape index (κ3) is 1.95. The summed E-state index contributed by atoms with van der Waals surface area (Å²) >= 11 is 0. The Balaban J connectivity index is 2.35. The SMILES string of the molecule is C=C1[C@H](CO)O[C@H](n2ccc(N)nc2=O)[C@@H]1O. The minimum Gasteiger partial charge on any atom is -0.393 e. The topological polar surface area (TPSA) is 111 Å². The standard InChI is InChI=1S/C10H13N3O4/c1-5-6(4-14)17-9(8(5)15)13-3-2-7(11)12-10(13)16/h2-3,6,8-9,14-15H,1,4H2,(H2,11,12,16)/t6-,8+,9-/m0/s1. The van der Waals surface area contributed by atoms with Crippen LogP contribution in [0.15, 0.2) is 29.2 Å². The Morgan fingerprint density at radius 3 is 2.88 bits per heavy atom. The van der Waals surface area contributed by atoms with Gasteiger partial charge in [-0.2, -0.15) is 4.98 Å². The van der Waals surface area contributed by atoms with Gasteiger partial charge in [-0.1, -0.05) is 6.58 Å². The molecule has 0 saturated carbocycles. The highest BCUT2D eigenvalue weighted by atomic mass is 16.5. The quantitative estimate of drug-likeness (QED) is 0.549. The largest absolute Gasteiger partial charge is 0.393 e. The lowest BCUT2D eigenvalue weighted by molar-refractivity contribution is -0.0526. The van der Waals surface area contributed by atoms with E-state index < -0.39 is 24.1 Å². The van der Waals surface area contributed by atoms with Gasteiger partial charge in [0.25, 0.3) is 0 Å². The Hall–Kier alpha value is -1.70. The molecular formula is C10H13N3O4. The number of hydrogen-bond donors (Lipinski definition) is 3. The molecule has 2 rings (SSSR count). The first kappa shape index (κ1) is 11.8. The van der Waals surface area contributed by atoms with Crippen molar-refractivity contribution in [3.05, 3.63) is 34.9 Å². The summed E-state index contributed by atoms with van der Waals surface area (Å²) in [6.07, 6.45) is -1.29. The summed E-state index contributed by atoms with van der Waals surface area (Å²) < 4.78 is 6.44. The minimum atomic E-state index is -1.06. The lowest BCUT2D eigenvalue weighted by Gasteiger charge is -2.16. The van der Waals surface area contributed by atoms with Crippen LogP contribution in [-0.2, 0) is 4.74 Å². The van der Waals surface area contributed by atoms with Crippen LogP contribution < -0.4 is 11.4 Å². The van der Waals surface area contributed by atoms with E-state index in [1.54, 1.807) is 0 Å². The van der Waals surface area contributed by atoms with E-state index in [2.05, 4.69) is 11.6 Å². The van der Waals surface area contributed by atoms with E-state index in [1.807, 2.05) is 0 Å². The second kappa shape index (κ2) is 4.28. The average molecular weight is 239 g/mol. The summed E-state index contributed by atoms with van der Waals surface area (Å²) in [4.78, 5) is 15.1. The fourth-order valence-corrected chi connectivity index (χ4v) is 1.70. The van der Waals surface area contributed by atoms with E-state index in [0.717, 1.165) is 4.57 Å². The van der Waals surface area contributed by atoms with Gasteiger partial charge >= 0.3 is 5.69 Å². The zero-order valence-corrected chi connectivity index (χ0v) is 8.98. The first-order chi connectivity index (χ1) is 8.04. The molecule has 0 spiro atoms. The first-order valence-electron chi connectivity index (χ1n) is 5.02. The number of hydrogen-bond acceptors (Lipinski definition) is 6. The highest BCUT2D eigenvalue weighted by molar-refractivity contribution is 5.24. The van der Waals surface area contributed by atoms with E-state index in [-0.39, 0.29) is 12.4 Å². The number of aliphatic hydroxyl groups is 2. The molecule has 3 atom stereocenters. The van der Waals surface area contributed by atoms with Crippen molar-refractivity contribution in [1.29, 1.82) is 0 Å². The highest BCUT2D eigenvalue weighted by Gasteiger charge is 2.38. The molecule has 1 saturated heterocycles. The third-order valence-electron chi connectivity index (χ3n) is 2.66. The molecule has 1 aromatic heterocycles. The number of aliphatic hydroxyl groups excluding tert-OH is 2. The molecule has 92 valence electrons. The van der Waals surface area contributed by atoms with Crippen molar-refractivity contribution in [2.45, 2.75) is 18.4 Å². The molecule has 17 heavy (non-hydrogen) atoms. The molecule has 1 fully saturated rings. The van der Waals surface area contributed by atoms with Crippen molar-refractivity contribution >= 4 is 5.82 Å². The molecule has 2 heterocycles. The van der Waals surface area contributed by atoms with E-state index in [0.29, 0.717) is 5.57 Å². The third-order valence-corrected chi connectivity index (χ3v) is 2.66. The summed E-state index contributed by atoms with van der Waals surface area (Å²) in [6, 6.07) is 1.42. The first-order valence-corrected chi connectivity index (χ1v) is 5.02. The van der Waals surface area contributed by atoms with E-state index in [4.69, 9.17) is 15.6 Å². The fourth-order valence-electron chi connectivity index (χ4n) is 1.70. The molecule has 1 aliphatic rings. The molecule has 1 aromatic rings. The monoisotopic (exact) mass is 239 g/mol. The molecular weight excluding hydrogens is 226 g/mol. The molecule has 0 aliphatic carbocycles. The summed E-state index contributed by atoms with van der Waals surface area (Å²) in [5.74, 6) is 0.0938. The normalized spacial score (nSPS) is 28.6. The van der Waals surface area contributed by atoms with Crippen LogP contribution in [0, 0.1) is 0 Å². The maximum absolute atomic E-state index is 11.6. The molecule has 0 radical (unpaired) electrons. The van der Waals surface area contributed by atoms with Crippen LogP contribution in [0.1, 0.15) is 6.23 Å². The number of nitrogens with zero attached hydrogens (tertiary/aromatic N) is 2. The van der Waals surface area contributed by atoms with Crippen LogP contribution in [0.2, 0.25) is 0 Å². The number of anilines is 1. The summed E-state index contributed by atoms with van der Waals surface area (Å²) in [7, 11) is 0. The predicted molar refractivity (Wildman–Crippen MR) is 59.1 cm³/mol. The van der Waals surface area contributed by atoms with Gasteiger partial charge in [0.15, 0.2) is 6.23 Å². The van der Waals surface area contributed by atoms with Crippen LogP contribution in [-0.4, -0.2) is 38.6 Å². The molecule has 1 aliphatic heterocycles. The van der Waals surface area contributed by atoms with Crippen LogP contribution in [0.4, 0.5) is 5.82 Å². The maximum atomic E-state index is 11.6.